The van der Waals surface area contributed by atoms with E-state index in [4.69, 9.17) is 10.3 Å². The van der Waals surface area contributed by atoms with Crippen LogP contribution in [0, 0.1) is 17.0 Å². The topological polar surface area (TPSA) is 137 Å². The van der Waals surface area contributed by atoms with E-state index in [9.17, 15) is 10.1 Å². The highest BCUT2D eigenvalue weighted by atomic mass is 35.5. The van der Waals surface area contributed by atoms with Gasteiger partial charge in [-0.3, -0.25) is 10.1 Å². The molecule has 0 bridgehead atoms. The van der Waals surface area contributed by atoms with E-state index in [2.05, 4.69) is 20.7 Å². The molecule has 2 aromatic heterocycles. The minimum Gasteiger partial charge on any atom is -0.455 e. The number of nitrogen functional groups attached to an aromatic ring is 1. The number of benzene rings is 1. The molecule has 12 heteroatoms. The molecule has 0 fully saturated rings. The van der Waals surface area contributed by atoms with E-state index >= 15 is 0 Å². The number of aromatic nitrogens is 3. The molecule has 0 amide bonds. The van der Waals surface area contributed by atoms with Crippen LogP contribution in [-0.2, 0) is 0 Å². The average Bonchev–Trinajstić information content (AvgIpc) is 3.17. The Balaban J connectivity index is 0.00000169. The van der Waals surface area contributed by atoms with E-state index in [-0.39, 0.29) is 36.4 Å². The minimum atomic E-state index is -0.455. The molecule has 0 atom stereocenters. The third-order valence-corrected chi connectivity index (χ3v) is 3.22. The highest BCUT2D eigenvalue weighted by Crippen LogP contribution is 2.30. The maximum absolute atomic E-state index is 11.1. The van der Waals surface area contributed by atoms with Crippen LogP contribution in [0.5, 0.6) is 0 Å². The fourth-order valence-electron chi connectivity index (χ4n) is 2.01. The summed E-state index contributed by atoms with van der Waals surface area (Å²) in [7, 11) is 0. The Morgan fingerprint density at radius 1 is 1.27 bits per heavy atom. The first-order chi connectivity index (χ1) is 11.6. The highest BCUT2D eigenvalue weighted by molar-refractivity contribution is 5.85. The zero-order valence-corrected chi connectivity index (χ0v) is 15.0. The normalized spacial score (nSPS) is 10.2. The summed E-state index contributed by atoms with van der Waals surface area (Å²) in [5.74, 6) is 7.27. The van der Waals surface area contributed by atoms with Crippen molar-refractivity contribution in [3.8, 4) is 11.3 Å². The molecule has 10 nitrogen and oxygen atoms in total. The van der Waals surface area contributed by atoms with Crippen LogP contribution in [0.25, 0.3) is 11.3 Å². The van der Waals surface area contributed by atoms with E-state index in [0.29, 0.717) is 22.9 Å². The van der Waals surface area contributed by atoms with Crippen molar-refractivity contribution in [3.63, 3.8) is 0 Å². The number of aryl methyl sites for hydroxylation is 1. The second-order valence-corrected chi connectivity index (χ2v) is 4.79. The van der Waals surface area contributed by atoms with Crippen molar-refractivity contribution in [2.45, 2.75) is 6.92 Å². The maximum Gasteiger partial charge on any atom is 0.280 e. The van der Waals surface area contributed by atoms with Crippen LogP contribution in [0.1, 0.15) is 11.6 Å². The summed E-state index contributed by atoms with van der Waals surface area (Å²) in [5.41, 5.74) is 2.99. The molecule has 0 saturated heterocycles. The zero-order chi connectivity index (χ0) is 17.1. The second kappa shape index (κ2) is 8.83. The van der Waals surface area contributed by atoms with Gasteiger partial charge in [-0.1, -0.05) is 12.1 Å². The Morgan fingerprint density at radius 2 is 2.00 bits per heavy atom. The molecule has 0 radical (unpaired) electrons. The molecular weight excluding hydrogens is 385 g/mol. The standard InChI is InChI=1S/C14H13N7O3.2ClH/c1-9-17-19-14(20(9)15)18-16-8-10-6-7-13(24-10)11-4-2-3-5-12(11)21(22)23;;/h2-8H,15H2,1H3,(H,18,19);2*1H/b16-8-;;. The van der Waals surface area contributed by atoms with Gasteiger partial charge in [-0.25, -0.2) is 10.1 Å². The number of nitrogens with zero attached hydrogens (tertiary/aromatic N) is 5. The Kier molecular flexibility index (Phi) is 7.11. The van der Waals surface area contributed by atoms with Crippen LogP contribution in [-0.4, -0.2) is 26.0 Å². The van der Waals surface area contributed by atoms with E-state index in [1.165, 1.54) is 17.0 Å². The minimum absolute atomic E-state index is 0. The fraction of sp³-hybridized carbons (Fsp3) is 0.0714. The number of nitrogens with two attached hydrogens (primary N) is 1. The number of nitro groups is 1. The lowest BCUT2D eigenvalue weighted by molar-refractivity contribution is -0.384. The summed E-state index contributed by atoms with van der Waals surface area (Å²) in [4.78, 5) is 10.6. The van der Waals surface area contributed by atoms with Gasteiger partial charge >= 0.3 is 0 Å². The Bertz CT molecular complexity index is 923. The smallest absolute Gasteiger partial charge is 0.280 e. The highest BCUT2D eigenvalue weighted by Gasteiger charge is 2.16. The number of para-hydroxylation sites is 1. The Morgan fingerprint density at radius 3 is 2.65 bits per heavy atom. The quantitative estimate of drug-likeness (QED) is 0.291. The van der Waals surface area contributed by atoms with Gasteiger partial charge in [-0.2, -0.15) is 5.10 Å². The maximum atomic E-state index is 11.1. The van der Waals surface area contributed by atoms with E-state index in [1.807, 2.05) is 0 Å². The largest absolute Gasteiger partial charge is 0.455 e. The van der Waals surface area contributed by atoms with Gasteiger partial charge in [0.2, 0.25) is 0 Å². The van der Waals surface area contributed by atoms with Gasteiger partial charge in [0.05, 0.1) is 16.7 Å². The van der Waals surface area contributed by atoms with Crippen molar-refractivity contribution in [2.75, 3.05) is 11.3 Å². The first-order valence-electron chi connectivity index (χ1n) is 6.86. The predicted octanol–water partition coefficient (Wildman–Crippen LogP) is 2.76. The molecule has 1 aromatic carbocycles. The molecule has 26 heavy (non-hydrogen) atoms. The lowest BCUT2D eigenvalue weighted by Gasteiger charge is -1.99. The van der Waals surface area contributed by atoms with Gasteiger partial charge in [0.25, 0.3) is 11.6 Å². The van der Waals surface area contributed by atoms with Gasteiger partial charge in [0, 0.05) is 6.07 Å². The van der Waals surface area contributed by atoms with Gasteiger partial charge in [-0.05, 0) is 25.1 Å². The number of hydrazone groups is 1. The summed E-state index contributed by atoms with van der Waals surface area (Å²) in [6, 6.07) is 9.63. The van der Waals surface area contributed by atoms with Crippen LogP contribution in [0.2, 0.25) is 0 Å². The molecule has 0 aliphatic carbocycles. The van der Waals surface area contributed by atoms with Crippen molar-refractivity contribution < 1.29 is 9.34 Å². The van der Waals surface area contributed by atoms with E-state index in [0.717, 1.165) is 0 Å². The molecule has 3 N–H and O–H groups in total. The average molecular weight is 400 g/mol. The second-order valence-electron chi connectivity index (χ2n) is 4.79. The van der Waals surface area contributed by atoms with Crippen LogP contribution >= 0.6 is 24.8 Å². The lowest BCUT2D eigenvalue weighted by atomic mass is 10.1. The van der Waals surface area contributed by atoms with Gasteiger partial charge in [-0.15, -0.1) is 35.0 Å². The van der Waals surface area contributed by atoms with Crippen molar-refractivity contribution in [1.82, 2.24) is 14.9 Å². The Labute approximate surface area is 160 Å². The molecule has 3 aromatic rings. The lowest BCUT2D eigenvalue weighted by Crippen LogP contribution is -2.13. The van der Waals surface area contributed by atoms with Crippen LogP contribution < -0.4 is 11.3 Å². The SMILES string of the molecule is Cc1nnc(N/N=C\c2ccc(-c3ccccc3[N+](=O)[O-])o2)n1N.Cl.Cl. The van der Waals surface area contributed by atoms with Crippen LogP contribution in [0.15, 0.2) is 45.9 Å². The van der Waals surface area contributed by atoms with E-state index < -0.39 is 4.92 Å². The Hall–Kier alpha value is -3.11. The number of rotatable bonds is 5. The summed E-state index contributed by atoms with van der Waals surface area (Å²) >= 11 is 0. The molecule has 2 heterocycles. The molecule has 0 aliphatic heterocycles. The van der Waals surface area contributed by atoms with Crippen molar-refractivity contribution >= 4 is 42.7 Å². The predicted molar refractivity (Wildman–Crippen MR) is 101 cm³/mol. The number of anilines is 1. The zero-order valence-electron chi connectivity index (χ0n) is 13.4. The first kappa shape index (κ1) is 20.9. The number of hydrogen-bond acceptors (Lipinski definition) is 8. The number of hydrogen-bond donors (Lipinski definition) is 2. The number of halogens is 2. The van der Waals surface area contributed by atoms with Gasteiger partial charge in [0.1, 0.15) is 11.5 Å². The molecule has 0 spiro atoms. The number of nitro benzene ring substituents is 1. The fourth-order valence-corrected chi connectivity index (χ4v) is 2.01. The van der Waals surface area contributed by atoms with Crippen molar-refractivity contribution in [1.29, 1.82) is 0 Å². The van der Waals surface area contributed by atoms with Gasteiger partial charge in [0.15, 0.2) is 5.82 Å². The van der Waals surface area contributed by atoms with Crippen molar-refractivity contribution in [3.05, 3.63) is 58.1 Å². The molecular formula is C14H15Cl2N7O3. The summed E-state index contributed by atoms with van der Waals surface area (Å²) in [5, 5.41) is 22.6. The molecule has 3 rings (SSSR count). The molecule has 0 aliphatic rings. The van der Waals surface area contributed by atoms with Gasteiger partial charge < -0.3 is 10.3 Å². The first-order valence-corrected chi connectivity index (χ1v) is 6.86. The molecule has 0 unspecified atom stereocenters. The number of furan rings is 1. The molecule has 138 valence electrons. The van der Waals surface area contributed by atoms with Crippen LogP contribution in [0.3, 0.4) is 0 Å². The summed E-state index contributed by atoms with van der Waals surface area (Å²) in [6.45, 7) is 1.70. The third-order valence-electron chi connectivity index (χ3n) is 3.22. The summed E-state index contributed by atoms with van der Waals surface area (Å²) in [6.07, 6.45) is 1.41. The monoisotopic (exact) mass is 399 g/mol. The number of nitrogens with one attached hydrogen (secondary N) is 1. The summed E-state index contributed by atoms with van der Waals surface area (Å²) < 4.78 is 6.81. The van der Waals surface area contributed by atoms with Crippen LogP contribution in [0.4, 0.5) is 11.6 Å². The third kappa shape index (κ3) is 4.29. The molecule has 0 saturated carbocycles. The van der Waals surface area contributed by atoms with Crippen molar-refractivity contribution in [2.24, 2.45) is 5.10 Å². The van der Waals surface area contributed by atoms with E-state index in [1.54, 1.807) is 37.3 Å².